The maximum absolute atomic E-state index is 13.0. The number of hydrogen-bond acceptors (Lipinski definition) is 6. The molecule has 0 aliphatic rings. The van der Waals surface area contributed by atoms with Crippen molar-refractivity contribution in [1.29, 1.82) is 0 Å². The lowest BCUT2D eigenvalue weighted by atomic mass is 10.1. The van der Waals surface area contributed by atoms with E-state index in [-0.39, 0.29) is 11.1 Å². The van der Waals surface area contributed by atoms with Gasteiger partial charge >= 0.3 is 5.97 Å². The minimum Gasteiger partial charge on any atom is -0.465 e. The zero-order valence-electron chi connectivity index (χ0n) is 17.0. The Hall–Kier alpha value is -4.26. The number of aryl methyl sites for hydroxylation is 1. The van der Waals surface area contributed by atoms with E-state index in [4.69, 9.17) is 9.15 Å². The van der Waals surface area contributed by atoms with Gasteiger partial charge in [0.05, 0.1) is 18.4 Å². The molecule has 0 atom stereocenters. The van der Waals surface area contributed by atoms with Crippen LogP contribution in [0.2, 0.25) is 0 Å². The molecule has 1 amide bonds. The summed E-state index contributed by atoms with van der Waals surface area (Å²) in [6.45, 7) is 1.92. The molecule has 0 fully saturated rings. The first-order chi connectivity index (χ1) is 15.0. The van der Waals surface area contributed by atoms with Crippen molar-refractivity contribution >= 4 is 34.4 Å². The Kier molecular flexibility index (Phi) is 5.57. The average molecular weight is 413 g/mol. The van der Waals surface area contributed by atoms with Crippen molar-refractivity contribution in [3.05, 3.63) is 95.2 Å². The minimum atomic E-state index is -0.476. The predicted molar refractivity (Wildman–Crippen MR) is 116 cm³/mol. The van der Waals surface area contributed by atoms with Gasteiger partial charge in [0.25, 0.3) is 5.91 Å². The third-order valence-corrected chi connectivity index (χ3v) is 4.55. The number of nitrogens with zero attached hydrogens (tertiary/aromatic N) is 2. The number of methoxy groups -OCH3 is 1. The highest BCUT2D eigenvalue weighted by Gasteiger charge is 2.14. The standard InChI is InChI=1S/C24H19N3O4/c1-15-10-11-21(25-14-15)27-22(28)19-13-16-6-3-4-9-20(16)31-23(19)26-18-8-5-7-17(12-18)24(29)30-2/h3-14H,1-2H3,(H,25,27,28). The molecule has 154 valence electrons. The Balaban J connectivity index is 1.82. The van der Waals surface area contributed by atoms with Crippen LogP contribution in [-0.4, -0.2) is 24.0 Å². The second-order valence-corrected chi connectivity index (χ2v) is 6.83. The van der Waals surface area contributed by atoms with Crippen LogP contribution >= 0.6 is 0 Å². The van der Waals surface area contributed by atoms with E-state index in [1.165, 1.54) is 7.11 Å². The molecule has 7 heteroatoms. The van der Waals surface area contributed by atoms with Crippen LogP contribution < -0.4 is 10.9 Å². The molecule has 1 N–H and O–H groups in total. The van der Waals surface area contributed by atoms with E-state index >= 15 is 0 Å². The number of para-hydroxylation sites is 1. The molecule has 7 nitrogen and oxygen atoms in total. The summed E-state index contributed by atoms with van der Waals surface area (Å²) < 4.78 is 10.7. The smallest absolute Gasteiger partial charge is 0.337 e. The first kappa shape index (κ1) is 20.0. The van der Waals surface area contributed by atoms with E-state index in [9.17, 15) is 9.59 Å². The molecule has 0 bridgehead atoms. The van der Waals surface area contributed by atoms with E-state index < -0.39 is 11.9 Å². The lowest BCUT2D eigenvalue weighted by Crippen LogP contribution is -2.22. The Bertz CT molecular complexity index is 1340. The maximum atomic E-state index is 13.0. The van der Waals surface area contributed by atoms with Gasteiger partial charge in [0.2, 0.25) is 5.55 Å². The molecular formula is C24H19N3O4. The molecular weight excluding hydrogens is 394 g/mol. The molecule has 0 aliphatic heterocycles. The van der Waals surface area contributed by atoms with Crippen molar-refractivity contribution in [2.45, 2.75) is 6.92 Å². The number of benzene rings is 2. The minimum absolute atomic E-state index is 0.116. The average Bonchev–Trinajstić information content (AvgIpc) is 2.79. The number of carbonyl (C=O) groups is 2. The number of pyridine rings is 1. The van der Waals surface area contributed by atoms with E-state index in [2.05, 4.69) is 15.3 Å². The number of carbonyl (C=O) groups excluding carboxylic acids is 2. The molecule has 0 saturated carbocycles. The summed E-state index contributed by atoms with van der Waals surface area (Å²) >= 11 is 0. The fourth-order valence-electron chi connectivity index (χ4n) is 2.98. The SMILES string of the molecule is COC(=O)c1cccc(N=c2oc3ccccc3cc2C(=O)Nc2ccc(C)cn2)c1. The van der Waals surface area contributed by atoms with E-state index in [1.807, 2.05) is 31.2 Å². The van der Waals surface area contributed by atoms with Crippen LogP contribution in [0.25, 0.3) is 11.0 Å². The summed E-state index contributed by atoms with van der Waals surface area (Å²) in [5, 5.41) is 3.53. The summed E-state index contributed by atoms with van der Waals surface area (Å²) in [5.41, 5.74) is 2.72. The van der Waals surface area contributed by atoms with Gasteiger partial charge in [0.15, 0.2) is 0 Å². The van der Waals surface area contributed by atoms with Crippen LogP contribution in [0.5, 0.6) is 0 Å². The monoisotopic (exact) mass is 413 g/mol. The van der Waals surface area contributed by atoms with Gasteiger partial charge in [-0.1, -0.05) is 30.3 Å². The summed E-state index contributed by atoms with van der Waals surface area (Å²) in [4.78, 5) is 33.6. The highest BCUT2D eigenvalue weighted by atomic mass is 16.5. The number of aromatic nitrogens is 1. The number of ether oxygens (including phenoxy) is 1. The maximum Gasteiger partial charge on any atom is 0.337 e. The van der Waals surface area contributed by atoms with Gasteiger partial charge in [-0.25, -0.2) is 14.8 Å². The Morgan fingerprint density at radius 1 is 1.03 bits per heavy atom. The van der Waals surface area contributed by atoms with Crippen LogP contribution in [0.4, 0.5) is 11.5 Å². The summed E-state index contributed by atoms with van der Waals surface area (Å²) in [5.74, 6) is -0.466. The van der Waals surface area contributed by atoms with Gasteiger partial charge in [-0.15, -0.1) is 0 Å². The number of anilines is 1. The lowest BCUT2D eigenvalue weighted by Gasteiger charge is -2.07. The zero-order chi connectivity index (χ0) is 21.8. The van der Waals surface area contributed by atoms with Crippen molar-refractivity contribution in [2.75, 3.05) is 12.4 Å². The third kappa shape index (κ3) is 4.51. The first-order valence-electron chi connectivity index (χ1n) is 9.53. The molecule has 0 radical (unpaired) electrons. The third-order valence-electron chi connectivity index (χ3n) is 4.55. The lowest BCUT2D eigenvalue weighted by molar-refractivity contribution is 0.0600. The van der Waals surface area contributed by atoms with Crippen LogP contribution in [-0.2, 0) is 4.74 Å². The molecule has 2 aromatic heterocycles. The topological polar surface area (TPSA) is 93.8 Å². The molecule has 0 spiro atoms. The number of esters is 1. The number of amides is 1. The van der Waals surface area contributed by atoms with Gasteiger partial charge < -0.3 is 14.5 Å². The number of rotatable bonds is 4. The largest absolute Gasteiger partial charge is 0.465 e. The van der Waals surface area contributed by atoms with Gasteiger partial charge in [-0.2, -0.15) is 0 Å². The van der Waals surface area contributed by atoms with Crippen LogP contribution in [0, 0.1) is 6.92 Å². The van der Waals surface area contributed by atoms with Crippen LogP contribution in [0.15, 0.2) is 82.3 Å². The Morgan fingerprint density at radius 2 is 1.87 bits per heavy atom. The van der Waals surface area contributed by atoms with Crippen molar-refractivity contribution in [3.63, 3.8) is 0 Å². The molecule has 31 heavy (non-hydrogen) atoms. The van der Waals surface area contributed by atoms with Gasteiger partial charge in [0, 0.05) is 11.6 Å². The van der Waals surface area contributed by atoms with Gasteiger partial charge in [0.1, 0.15) is 17.0 Å². The molecule has 0 aliphatic carbocycles. The van der Waals surface area contributed by atoms with E-state index in [0.717, 1.165) is 10.9 Å². The molecule has 4 rings (SSSR count). The summed E-state index contributed by atoms with van der Waals surface area (Å²) in [7, 11) is 1.31. The molecule has 0 saturated heterocycles. The van der Waals surface area contributed by atoms with Gasteiger partial charge in [-0.05, 0) is 48.9 Å². The first-order valence-corrected chi connectivity index (χ1v) is 9.53. The molecule has 4 aromatic rings. The highest BCUT2D eigenvalue weighted by Crippen LogP contribution is 2.17. The number of fused-ring (bicyclic) bond motifs is 1. The van der Waals surface area contributed by atoms with E-state index in [0.29, 0.717) is 22.7 Å². The second-order valence-electron chi connectivity index (χ2n) is 6.83. The van der Waals surface area contributed by atoms with Crippen molar-refractivity contribution in [1.82, 2.24) is 4.98 Å². The Labute approximate surface area is 178 Å². The molecule has 0 unspecified atom stereocenters. The molecule has 2 heterocycles. The number of hydrogen-bond donors (Lipinski definition) is 1. The zero-order valence-corrected chi connectivity index (χ0v) is 17.0. The van der Waals surface area contributed by atoms with Gasteiger partial charge in [-0.3, -0.25) is 4.79 Å². The fourth-order valence-corrected chi connectivity index (χ4v) is 2.98. The van der Waals surface area contributed by atoms with Crippen molar-refractivity contribution in [3.8, 4) is 0 Å². The molecule has 2 aromatic carbocycles. The fraction of sp³-hybridized carbons (Fsp3) is 0.0833. The predicted octanol–water partition coefficient (Wildman–Crippen LogP) is 4.41. The van der Waals surface area contributed by atoms with Crippen molar-refractivity contribution < 1.29 is 18.7 Å². The van der Waals surface area contributed by atoms with Crippen molar-refractivity contribution in [2.24, 2.45) is 4.99 Å². The summed E-state index contributed by atoms with van der Waals surface area (Å²) in [6, 6.07) is 19.2. The van der Waals surface area contributed by atoms with E-state index in [1.54, 1.807) is 48.7 Å². The van der Waals surface area contributed by atoms with Crippen LogP contribution in [0.1, 0.15) is 26.3 Å². The summed E-state index contributed by atoms with van der Waals surface area (Å²) in [6.07, 6.45) is 1.67. The van der Waals surface area contributed by atoms with Crippen LogP contribution in [0.3, 0.4) is 0 Å². The highest BCUT2D eigenvalue weighted by molar-refractivity contribution is 6.05. The number of nitrogens with one attached hydrogen (secondary N) is 1. The normalized spacial score (nSPS) is 11.4. The quantitative estimate of drug-likeness (QED) is 0.500. The Morgan fingerprint density at radius 3 is 2.65 bits per heavy atom. The second kappa shape index (κ2) is 8.62.